The Morgan fingerprint density at radius 3 is 2.18 bits per heavy atom. The van der Waals surface area contributed by atoms with Gasteiger partial charge in [0.1, 0.15) is 30.0 Å². The smallest absolute Gasteiger partial charge is 0.246 e. The number of hydrogen-bond acceptors (Lipinski definition) is 14. The fraction of sp³-hybridized carbons (Fsp3) is 0.397. The van der Waals surface area contributed by atoms with E-state index in [-0.39, 0.29) is 49.7 Å². The zero-order chi connectivity index (χ0) is 55.7. The Kier molecular flexibility index (Phi) is 18.6. The maximum Gasteiger partial charge on any atom is 0.246 e. The van der Waals surface area contributed by atoms with E-state index in [4.69, 9.17) is 16.3 Å². The molecule has 0 radical (unpaired) electrons. The van der Waals surface area contributed by atoms with E-state index in [9.17, 15) is 28.8 Å². The van der Waals surface area contributed by atoms with E-state index in [0.29, 0.717) is 58.5 Å². The highest BCUT2D eigenvalue weighted by atomic mass is 35.5. The highest BCUT2D eigenvalue weighted by Gasteiger charge is 2.44. The van der Waals surface area contributed by atoms with Crippen LogP contribution >= 0.6 is 30.1 Å². The van der Waals surface area contributed by atoms with E-state index < -0.39 is 36.7 Å². The van der Waals surface area contributed by atoms with Crippen LogP contribution in [0.2, 0.25) is 5.02 Å². The largest absolute Gasteiger partial charge is 0.494 e. The quantitative estimate of drug-likeness (QED) is 0.0394. The van der Waals surface area contributed by atoms with Gasteiger partial charge in [-0.2, -0.15) is 4.98 Å². The molecule has 0 bridgehead atoms. The number of aryl methyl sites for hydroxylation is 3. The molecule has 2 saturated heterocycles. The van der Waals surface area contributed by atoms with Crippen molar-refractivity contribution in [1.29, 1.82) is 0 Å². The Hall–Kier alpha value is -6.85. The second-order valence-electron chi connectivity index (χ2n) is 21.5. The van der Waals surface area contributed by atoms with Gasteiger partial charge in [-0.15, -0.1) is 11.3 Å². The van der Waals surface area contributed by atoms with Crippen molar-refractivity contribution in [3.8, 4) is 16.2 Å². The summed E-state index contributed by atoms with van der Waals surface area (Å²) in [6.07, 6.45) is 3.82. The van der Waals surface area contributed by atoms with Gasteiger partial charge in [-0.05, 0) is 97.9 Å². The first-order valence-corrected chi connectivity index (χ1v) is 30.1. The van der Waals surface area contributed by atoms with Crippen LogP contribution in [0.25, 0.3) is 10.4 Å². The number of carbonyl (C=O) groups is 4. The monoisotopic (exact) mass is 1120 g/mol. The van der Waals surface area contributed by atoms with Crippen LogP contribution in [0.15, 0.2) is 103 Å². The number of amides is 4. The standard InChI is InChI=1S/C58H70ClN10O7PS/c1-36-52(78-35-62-36)40-20-16-39(17-21-40)32-60-55(73)47-31-43(70)34-69(47)56(74)53(58(2,3)4)66-51(72)25-19-38-14-12-37(13-15-38)18-24-50(71)63-41-26-28-68(29-27-41)42-22-23-45(48(30-42)76-5)65-57-61-33-44(59)54(67-57)64-46-10-8-9-11-49(46)77(6,7)75/h8-17,20-23,30,33,35,41,43,47,53,70H,18-19,24-29,31-32,34H2,1-7H3,(H,60,73)(H,63,71)(H,66,72)(H2,61,64,65,67)/t43-,47+,53-/m1/s1. The van der Waals surface area contributed by atoms with Crippen molar-refractivity contribution in [3.05, 3.63) is 130 Å². The van der Waals surface area contributed by atoms with Gasteiger partial charge in [-0.25, -0.2) is 9.97 Å². The summed E-state index contributed by atoms with van der Waals surface area (Å²) < 4.78 is 18.7. The maximum absolute atomic E-state index is 14.1. The zero-order valence-corrected chi connectivity index (χ0v) is 47.7. The predicted molar refractivity (Wildman–Crippen MR) is 310 cm³/mol. The predicted octanol–water partition coefficient (Wildman–Crippen LogP) is 8.77. The third-order valence-electron chi connectivity index (χ3n) is 14.2. The number of aromatic nitrogens is 3. The lowest BCUT2D eigenvalue weighted by Crippen LogP contribution is -2.57. The summed E-state index contributed by atoms with van der Waals surface area (Å²) in [5, 5.41) is 27.3. The molecule has 4 amide bonds. The number of ether oxygens (including phenoxy) is 1. The van der Waals surface area contributed by atoms with Crippen LogP contribution in [0.3, 0.4) is 0 Å². The van der Waals surface area contributed by atoms with Crippen molar-refractivity contribution in [2.24, 2.45) is 5.41 Å². The number of aliphatic hydroxyl groups is 1. The van der Waals surface area contributed by atoms with E-state index in [1.807, 2.05) is 124 Å². The molecule has 17 nitrogen and oxygen atoms in total. The Morgan fingerprint density at radius 1 is 0.872 bits per heavy atom. The molecule has 412 valence electrons. The molecule has 0 saturated carbocycles. The third kappa shape index (κ3) is 14.8. The fourth-order valence-corrected chi connectivity index (χ4v) is 11.9. The minimum absolute atomic E-state index is 0.00324. The lowest BCUT2D eigenvalue weighted by atomic mass is 9.85. The van der Waals surface area contributed by atoms with Crippen LogP contribution in [0.1, 0.15) is 75.3 Å². The van der Waals surface area contributed by atoms with Gasteiger partial charge in [0.05, 0.1) is 46.9 Å². The summed E-state index contributed by atoms with van der Waals surface area (Å²) in [6.45, 7) is 12.8. The lowest BCUT2D eigenvalue weighted by molar-refractivity contribution is -0.144. The SMILES string of the molecule is COc1cc(N2CCC(NC(=O)CCc3ccc(CCC(=O)N[C@H](C(=O)N4C[C@H](O)C[C@H]4C(=O)NCc4ccc(-c5scnc5C)cc4)C(C)(C)C)cc3)CC2)ccc1Nc1ncc(Cl)c(Nc2ccccc2P(C)(C)=O)n1. The zero-order valence-electron chi connectivity index (χ0n) is 45.3. The fourth-order valence-electron chi connectivity index (χ4n) is 9.78. The first-order valence-electron chi connectivity index (χ1n) is 26.3. The number of β-amino-alcohol motifs (C(OH)–C–C–N with tert-alkyl or cyclic N) is 1. The van der Waals surface area contributed by atoms with E-state index in [1.54, 1.807) is 31.8 Å². The number of hydrogen-bond donors (Lipinski definition) is 6. The van der Waals surface area contributed by atoms with Gasteiger partial charge in [-0.3, -0.25) is 19.2 Å². The van der Waals surface area contributed by atoms with E-state index in [2.05, 4.69) is 46.4 Å². The number of anilines is 5. The molecule has 2 aliphatic rings. The number of para-hydroxylation sites is 1. The van der Waals surface area contributed by atoms with Crippen molar-refractivity contribution in [2.75, 3.05) is 55.6 Å². The summed E-state index contributed by atoms with van der Waals surface area (Å²) in [7, 11) is -0.973. The normalized spacial score (nSPS) is 16.3. The van der Waals surface area contributed by atoms with Gasteiger partial charge in [0, 0.05) is 68.5 Å². The second-order valence-corrected chi connectivity index (χ2v) is 25.9. The average Bonchev–Trinajstić information content (AvgIpc) is 4.10. The van der Waals surface area contributed by atoms with Gasteiger partial charge in [0.15, 0.2) is 5.82 Å². The molecule has 8 rings (SSSR count). The maximum atomic E-state index is 14.1. The Bertz CT molecular complexity index is 3140. The van der Waals surface area contributed by atoms with Crippen LogP contribution in [0.5, 0.6) is 5.75 Å². The van der Waals surface area contributed by atoms with Crippen molar-refractivity contribution in [1.82, 2.24) is 35.8 Å². The van der Waals surface area contributed by atoms with E-state index in [0.717, 1.165) is 64.4 Å². The number of halogens is 1. The number of carbonyl (C=O) groups excluding carboxylic acids is 4. The number of benzene rings is 4. The topological polar surface area (TPSA) is 220 Å². The second kappa shape index (κ2) is 25.3. The van der Waals surface area contributed by atoms with Gasteiger partial charge >= 0.3 is 0 Å². The molecule has 0 aliphatic carbocycles. The van der Waals surface area contributed by atoms with Crippen molar-refractivity contribution in [3.63, 3.8) is 0 Å². The molecule has 2 fully saturated rings. The van der Waals surface area contributed by atoms with Gasteiger partial charge in [-0.1, -0.05) is 93.0 Å². The molecule has 3 atom stereocenters. The first kappa shape index (κ1) is 57.3. The molecule has 2 aliphatic heterocycles. The van der Waals surface area contributed by atoms with E-state index >= 15 is 0 Å². The molecule has 0 unspecified atom stereocenters. The molecular weight excluding hydrogens is 1050 g/mol. The van der Waals surface area contributed by atoms with Gasteiger partial charge in [0.25, 0.3) is 0 Å². The minimum Gasteiger partial charge on any atom is -0.494 e. The molecule has 4 heterocycles. The molecule has 2 aromatic heterocycles. The van der Waals surface area contributed by atoms with Crippen LogP contribution in [-0.2, 0) is 43.1 Å². The minimum atomic E-state index is -2.58. The number of nitrogens with zero attached hydrogens (tertiary/aromatic N) is 5. The van der Waals surface area contributed by atoms with Crippen LogP contribution in [0, 0.1) is 12.3 Å². The van der Waals surface area contributed by atoms with Crippen molar-refractivity contribution >= 4 is 87.8 Å². The molecule has 78 heavy (non-hydrogen) atoms. The molecular formula is C58H70ClN10O7PS. The number of aliphatic hydroxyl groups excluding tert-OH is 1. The Labute approximate surface area is 465 Å². The number of piperidine rings is 1. The molecule has 20 heteroatoms. The summed E-state index contributed by atoms with van der Waals surface area (Å²) in [5.41, 5.74) is 8.32. The number of methoxy groups -OCH3 is 1. The van der Waals surface area contributed by atoms with Gasteiger partial charge in [0.2, 0.25) is 29.6 Å². The summed E-state index contributed by atoms with van der Waals surface area (Å²) in [5.74, 6) is 0.209. The molecule has 4 aromatic carbocycles. The Morgan fingerprint density at radius 2 is 1.54 bits per heavy atom. The first-order chi connectivity index (χ1) is 37.2. The summed E-state index contributed by atoms with van der Waals surface area (Å²) in [6, 6.07) is 27.3. The molecule has 0 spiro atoms. The van der Waals surface area contributed by atoms with Crippen LogP contribution < -0.4 is 41.5 Å². The number of nitrogens with one attached hydrogen (secondary N) is 5. The van der Waals surface area contributed by atoms with Crippen molar-refractivity contribution in [2.45, 2.75) is 103 Å². The average molecular weight is 1120 g/mol. The van der Waals surface area contributed by atoms with E-state index in [1.165, 1.54) is 11.1 Å². The molecule has 6 aromatic rings. The lowest BCUT2D eigenvalue weighted by Gasteiger charge is -2.35. The summed E-state index contributed by atoms with van der Waals surface area (Å²) >= 11 is 8.06. The van der Waals surface area contributed by atoms with Crippen LogP contribution in [-0.4, -0.2) is 113 Å². The Balaban J connectivity index is 0.758. The van der Waals surface area contributed by atoms with Crippen molar-refractivity contribution < 1.29 is 33.6 Å². The summed E-state index contributed by atoms with van der Waals surface area (Å²) in [4.78, 5) is 72.3. The van der Waals surface area contributed by atoms with Gasteiger partial charge < -0.3 is 50.8 Å². The third-order valence-corrected chi connectivity index (χ3v) is 17.0. The highest BCUT2D eigenvalue weighted by molar-refractivity contribution is 7.70. The number of thiazole rings is 1. The number of likely N-dealkylation sites (tertiary alicyclic amines) is 1. The number of rotatable bonds is 20. The molecule has 6 N–H and O–H groups in total. The highest BCUT2D eigenvalue weighted by Crippen LogP contribution is 2.39. The van der Waals surface area contributed by atoms with Crippen LogP contribution in [0.4, 0.5) is 28.8 Å².